The van der Waals surface area contributed by atoms with Crippen LogP contribution in [0, 0.1) is 5.82 Å². The van der Waals surface area contributed by atoms with E-state index in [1.165, 1.54) is 6.07 Å². The Hall–Kier alpha value is -0.930. The van der Waals surface area contributed by atoms with Gasteiger partial charge in [-0.05, 0) is 18.2 Å². The Morgan fingerprint density at radius 3 is 2.86 bits per heavy atom. The standard InChI is InChI=1S/C10H11ClFNO/c11-9-3-1-2-7(10(9)12)6-8(14)4-5-13/h1-3H,4-6,13H2. The van der Waals surface area contributed by atoms with Crippen molar-refractivity contribution in [2.75, 3.05) is 6.54 Å². The highest BCUT2D eigenvalue weighted by atomic mass is 35.5. The van der Waals surface area contributed by atoms with Gasteiger partial charge in [0.2, 0.25) is 0 Å². The lowest BCUT2D eigenvalue weighted by atomic mass is 10.1. The molecule has 2 N–H and O–H groups in total. The minimum Gasteiger partial charge on any atom is -0.330 e. The molecule has 0 saturated heterocycles. The van der Waals surface area contributed by atoms with E-state index in [2.05, 4.69) is 0 Å². The number of Topliss-reactive ketones (excluding diaryl/α,β-unsaturated/α-hetero) is 1. The summed E-state index contributed by atoms with van der Waals surface area (Å²) in [6.45, 7) is 0.293. The van der Waals surface area contributed by atoms with Gasteiger partial charge in [-0.1, -0.05) is 23.7 Å². The van der Waals surface area contributed by atoms with Crippen LogP contribution in [0.1, 0.15) is 12.0 Å². The number of carbonyl (C=O) groups is 1. The lowest BCUT2D eigenvalue weighted by Crippen LogP contribution is -2.11. The maximum atomic E-state index is 13.3. The molecule has 1 aromatic rings. The van der Waals surface area contributed by atoms with Gasteiger partial charge in [-0.3, -0.25) is 4.79 Å². The number of rotatable bonds is 4. The maximum absolute atomic E-state index is 13.3. The van der Waals surface area contributed by atoms with E-state index in [1.807, 2.05) is 0 Å². The fourth-order valence-electron chi connectivity index (χ4n) is 1.15. The van der Waals surface area contributed by atoms with Crippen molar-refractivity contribution >= 4 is 17.4 Å². The molecule has 1 aromatic carbocycles. The summed E-state index contributed by atoms with van der Waals surface area (Å²) in [4.78, 5) is 11.2. The van der Waals surface area contributed by atoms with Gasteiger partial charge in [0.15, 0.2) is 0 Å². The molecule has 76 valence electrons. The van der Waals surface area contributed by atoms with Crippen LogP contribution >= 0.6 is 11.6 Å². The van der Waals surface area contributed by atoms with Crippen molar-refractivity contribution in [3.63, 3.8) is 0 Å². The van der Waals surface area contributed by atoms with E-state index in [9.17, 15) is 9.18 Å². The van der Waals surface area contributed by atoms with Crippen LogP contribution in [0.3, 0.4) is 0 Å². The number of halogens is 2. The molecule has 0 spiro atoms. The van der Waals surface area contributed by atoms with Crippen molar-refractivity contribution < 1.29 is 9.18 Å². The zero-order chi connectivity index (χ0) is 10.6. The molecule has 0 aliphatic carbocycles. The summed E-state index contributed by atoms with van der Waals surface area (Å²) >= 11 is 5.56. The minimum atomic E-state index is -0.514. The van der Waals surface area contributed by atoms with E-state index in [0.717, 1.165) is 0 Å². The summed E-state index contributed by atoms with van der Waals surface area (Å²) in [5, 5.41) is 0.0445. The summed E-state index contributed by atoms with van der Waals surface area (Å²) in [5.74, 6) is -0.590. The Balaban J connectivity index is 2.76. The smallest absolute Gasteiger partial charge is 0.145 e. The fraction of sp³-hybridized carbons (Fsp3) is 0.300. The molecule has 0 heterocycles. The van der Waals surface area contributed by atoms with Crippen LogP contribution in [0.15, 0.2) is 18.2 Å². The van der Waals surface area contributed by atoms with E-state index in [0.29, 0.717) is 12.1 Å². The third-order valence-electron chi connectivity index (χ3n) is 1.84. The molecule has 0 saturated carbocycles. The van der Waals surface area contributed by atoms with Crippen LogP contribution in [0.5, 0.6) is 0 Å². The number of nitrogens with two attached hydrogens (primary N) is 1. The highest BCUT2D eigenvalue weighted by Gasteiger charge is 2.09. The van der Waals surface area contributed by atoms with Crippen molar-refractivity contribution in [3.8, 4) is 0 Å². The van der Waals surface area contributed by atoms with Crippen molar-refractivity contribution in [2.24, 2.45) is 5.73 Å². The maximum Gasteiger partial charge on any atom is 0.145 e. The van der Waals surface area contributed by atoms with Crippen molar-refractivity contribution in [1.29, 1.82) is 0 Å². The lowest BCUT2D eigenvalue weighted by molar-refractivity contribution is -0.118. The SMILES string of the molecule is NCCC(=O)Cc1cccc(Cl)c1F. The average Bonchev–Trinajstić information content (AvgIpc) is 2.13. The third-order valence-corrected chi connectivity index (χ3v) is 2.13. The van der Waals surface area contributed by atoms with Crippen LogP contribution in [0.4, 0.5) is 4.39 Å². The van der Waals surface area contributed by atoms with Gasteiger partial charge in [0.05, 0.1) is 5.02 Å². The lowest BCUT2D eigenvalue weighted by Gasteiger charge is -2.02. The zero-order valence-electron chi connectivity index (χ0n) is 7.59. The van der Waals surface area contributed by atoms with Gasteiger partial charge in [0.25, 0.3) is 0 Å². The fourth-order valence-corrected chi connectivity index (χ4v) is 1.34. The zero-order valence-corrected chi connectivity index (χ0v) is 8.35. The molecule has 0 amide bonds. The summed E-state index contributed by atoms with van der Waals surface area (Å²) in [5.41, 5.74) is 5.54. The van der Waals surface area contributed by atoms with Crippen LogP contribution in [-0.2, 0) is 11.2 Å². The van der Waals surface area contributed by atoms with Gasteiger partial charge in [0.1, 0.15) is 11.6 Å². The largest absolute Gasteiger partial charge is 0.330 e. The topological polar surface area (TPSA) is 43.1 Å². The minimum absolute atomic E-state index is 0.0445. The molecule has 14 heavy (non-hydrogen) atoms. The van der Waals surface area contributed by atoms with E-state index >= 15 is 0 Å². The van der Waals surface area contributed by atoms with Crippen LogP contribution in [-0.4, -0.2) is 12.3 Å². The second kappa shape index (κ2) is 5.08. The molecule has 0 radical (unpaired) electrons. The van der Waals surface area contributed by atoms with Crippen LogP contribution in [0.25, 0.3) is 0 Å². The van der Waals surface area contributed by atoms with Gasteiger partial charge in [-0.25, -0.2) is 4.39 Å². The molecule has 0 aromatic heterocycles. The molecule has 0 bridgehead atoms. The number of hydrogen-bond acceptors (Lipinski definition) is 2. The average molecular weight is 216 g/mol. The first-order valence-electron chi connectivity index (χ1n) is 4.30. The molecular weight excluding hydrogens is 205 g/mol. The summed E-state index contributed by atoms with van der Waals surface area (Å²) in [6.07, 6.45) is 0.329. The molecule has 4 heteroatoms. The summed E-state index contributed by atoms with van der Waals surface area (Å²) in [6, 6.07) is 4.62. The van der Waals surface area contributed by atoms with Gasteiger partial charge in [-0.15, -0.1) is 0 Å². The van der Waals surface area contributed by atoms with Crippen molar-refractivity contribution in [3.05, 3.63) is 34.6 Å². The second-order valence-corrected chi connectivity index (χ2v) is 3.37. The summed E-state index contributed by atoms with van der Waals surface area (Å²) in [7, 11) is 0. The molecule has 0 atom stereocenters. The number of hydrogen-bond donors (Lipinski definition) is 1. The molecule has 2 nitrogen and oxygen atoms in total. The first-order valence-corrected chi connectivity index (χ1v) is 4.67. The Morgan fingerprint density at radius 2 is 2.21 bits per heavy atom. The van der Waals surface area contributed by atoms with Crippen LogP contribution < -0.4 is 5.73 Å². The number of benzene rings is 1. The second-order valence-electron chi connectivity index (χ2n) is 2.97. The van der Waals surface area contributed by atoms with Gasteiger partial charge < -0.3 is 5.73 Å². The highest BCUT2D eigenvalue weighted by Crippen LogP contribution is 2.18. The van der Waals surface area contributed by atoms with Gasteiger partial charge >= 0.3 is 0 Å². The van der Waals surface area contributed by atoms with Crippen molar-refractivity contribution in [1.82, 2.24) is 0 Å². The van der Waals surface area contributed by atoms with Gasteiger partial charge in [0, 0.05) is 12.8 Å². The molecule has 0 fully saturated rings. The van der Waals surface area contributed by atoms with Gasteiger partial charge in [-0.2, -0.15) is 0 Å². The number of carbonyl (C=O) groups excluding carboxylic acids is 1. The molecule has 0 aliphatic heterocycles. The molecule has 0 aliphatic rings. The predicted octanol–water partition coefficient (Wildman–Crippen LogP) is 1.94. The summed E-state index contributed by atoms with van der Waals surface area (Å²) < 4.78 is 13.3. The first kappa shape index (κ1) is 11.1. The Morgan fingerprint density at radius 1 is 1.50 bits per heavy atom. The Labute approximate surface area is 86.9 Å². The normalized spacial score (nSPS) is 10.2. The number of ketones is 1. The Kier molecular flexibility index (Phi) is 4.04. The third kappa shape index (κ3) is 2.79. The predicted molar refractivity (Wildman–Crippen MR) is 53.8 cm³/mol. The van der Waals surface area contributed by atoms with E-state index < -0.39 is 5.82 Å². The molecular formula is C10H11ClFNO. The Bertz CT molecular complexity index is 341. The monoisotopic (exact) mass is 215 g/mol. The van der Waals surface area contributed by atoms with E-state index in [1.54, 1.807) is 12.1 Å². The molecule has 1 rings (SSSR count). The quantitative estimate of drug-likeness (QED) is 0.834. The first-order chi connectivity index (χ1) is 6.65. The van der Waals surface area contributed by atoms with Crippen LogP contribution in [0.2, 0.25) is 5.02 Å². The van der Waals surface area contributed by atoms with Crippen molar-refractivity contribution in [2.45, 2.75) is 12.8 Å². The molecule has 0 unspecified atom stereocenters. The van der Waals surface area contributed by atoms with E-state index in [4.69, 9.17) is 17.3 Å². The highest BCUT2D eigenvalue weighted by molar-refractivity contribution is 6.30. The van der Waals surface area contributed by atoms with E-state index in [-0.39, 0.29) is 23.6 Å².